The highest BCUT2D eigenvalue weighted by Gasteiger charge is 2.35. The molecular formula is C9H8F3N3OS. The van der Waals surface area contributed by atoms with Crippen LogP contribution in [0.2, 0.25) is 0 Å². The molecule has 0 bridgehead atoms. The topological polar surface area (TPSA) is 51.0 Å². The number of anilines is 1. The molecule has 0 aliphatic carbocycles. The molecule has 0 unspecified atom stereocenters. The first-order valence-corrected chi connectivity index (χ1v) is 5.46. The second-order valence-electron chi connectivity index (χ2n) is 3.28. The minimum atomic E-state index is -4.45. The van der Waals surface area contributed by atoms with Crippen molar-refractivity contribution < 1.29 is 17.6 Å². The molecule has 0 aromatic carbocycles. The van der Waals surface area contributed by atoms with Gasteiger partial charge in [0.2, 0.25) is 10.1 Å². The number of furan rings is 1. The van der Waals surface area contributed by atoms with Crippen LogP contribution in [0.5, 0.6) is 0 Å². The summed E-state index contributed by atoms with van der Waals surface area (Å²) in [4.78, 5) is 0. The number of nitrogens with one attached hydrogen (secondary N) is 1. The second kappa shape index (κ2) is 4.36. The molecule has 4 nitrogen and oxygen atoms in total. The maximum atomic E-state index is 12.2. The molecule has 0 fully saturated rings. The molecule has 2 aromatic rings. The van der Waals surface area contributed by atoms with E-state index >= 15 is 0 Å². The summed E-state index contributed by atoms with van der Waals surface area (Å²) < 4.78 is 41.9. The molecule has 0 spiro atoms. The zero-order valence-electron chi connectivity index (χ0n) is 8.71. The van der Waals surface area contributed by atoms with Gasteiger partial charge in [0.1, 0.15) is 11.5 Å². The molecule has 0 radical (unpaired) electrons. The first kappa shape index (κ1) is 11.9. The van der Waals surface area contributed by atoms with Gasteiger partial charge in [-0.15, -0.1) is 10.2 Å². The summed E-state index contributed by atoms with van der Waals surface area (Å²) in [5.74, 6) is 1.38. The predicted octanol–water partition coefficient (Wildman–Crippen LogP) is 3.07. The lowest BCUT2D eigenvalue weighted by Gasteiger charge is -1.99. The Morgan fingerprint density at radius 1 is 1.35 bits per heavy atom. The Bertz CT molecular complexity index is 506. The predicted molar refractivity (Wildman–Crippen MR) is 55.7 cm³/mol. The van der Waals surface area contributed by atoms with Gasteiger partial charge in [0, 0.05) is 0 Å². The molecule has 8 heteroatoms. The van der Waals surface area contributed by atoms with Crippen molar-refractivity contribution in [2.75, 3.05) is 5.32 Å². The maximum Gasteiger partial charge on any atom is 0.445 e. The first-order valence-electron chi connectivity index (χ1n) is 4.65. The van der Waals surface area contributed by atoms with Crippen molar-refractivity contribution in [3.8, 4) is 0 Å². The fourth-order valence-corrected chi connectivity index (χ4v) is 1.76. The van der Waals surface area contributed by atoms with E-state index in [0.29, 0.717) is 17.1 Å². The molecule has 1 N–H and O–H groups in total. The Hall–Kier alpha value is -1.57. The molecule has 17 heavy (non-hydrogen) atoms. The van der Waals surface area contributed by atoms with Crippen molar-refractivity contribution in [1.29, 1.82) is 0 Å². The van der Waals surface area contributed by atoms with Crippen LogP contribution < -0.4 is 5.32 Å². The summed E-state index contributed by atoms with van der Waals surface area (Å²) in [5, 5.41) is 8.33. The van der Waals surface area contributed by atoms with Crippen molar-refractivity contribution in [3.63, 3.8) is 0 Å². The standard InChI is InChI=1S/C9H8F3N3OS/c1-5-2-3-6(16-5)4-13-8-15-14-7(17-8)9(10,11)12/h2-3H,4H2,1H3,(H,13,15). The molecule has 0 amide bonds. The largest absolute Gasteiger partial charge is 0.465 e. The van der Waals surface area contributed by atoms with Crippen molar-refractivity contribution in [1.82, 2.24) is 10.2 Å². The van der Waals surface area contributed by atoms with Crippen LogP contribution in [-0.2, 0) is 12.7 Å². The van der Waals surface area contributed by atoms with E-state index in [0.717, 1.165) is 5.76 Å². The van der Waals surface area contributed by atoms with Crippen LogP contribution in [0.1, 0.15) is 16.5 Å². The molecule has 92 valence electrons. The number of aryl methyl sites for hydroxylation is 1. The third kappa shape index (κ3) is 2.96. The number of aromatic nitrogens is 2. The summed E-state index contributed by atoms with van der Waals surface area (Å²) in [6.45, 7) is 2.07. The second-order valence-corrected chi connectivity index (χ2v) is 4.25. The Balaban J connectivity index is 1.98. The van der Waals surface area contributed by atoms with Gasteiger partial charge in [-0.25, -0.2) is 0 Å². The average molecular weight is 263 g/mol. The Morgan fingerprint density at radius 2 is 2.12 bits per heavy atom. The lowest BCUT2D eigenvalue weighted by atomic mass is 10.4. The molecule has 0 saturated carbocycles. The summed E-state index contributed by atoms with van der Waals surface area (Å²) in [7, 11) is 0. The van der Waals surface area contributed by atoms with E-state index in [1.54, 1.807) is 19.1 Å². The summed E-state index contributed by atoms with van der Waals surface area (Å²) in [6.07, 6.45) is -4.45. The van der Waals surface area contributed by atoms with Crippen LogP contribution in [0.15, 0.2) is 16.5 Å². The Kier molecular flexibility index (Phi) is 3.05. The highest BCUT2D eigenvalue weighted by Crippen LogP contribution is 2.33. The van der Waals surface area contributed by atoms with E-state index < -0.39 is 11.2 Å². The molecule has 0 saturated heterocycles. The molecule has 0 aliphatic heterocycles. The van der Waals surface area contributed by atoms with Gasteiger partial charge < -0.3 is 9.73 Å². The van der Waals surface area contributed by atoms with Gasteiger partial charge in [0.05, 0.1) is 6.54 Å². The molecule has 2 heterocycles. The Labute approximate surface area is 98.5 Å². The Morgan fingerprint density at radius 3 is 2.65 bits per heavy atom. The van der Waals surface area contributed by atoms with E-state index in [-0.39, 0.29) is 11.7 Å². The third-order valence-corrected chi connectivity index (χ3v) is 2.80. The maximum absolute atomic E-state index is 12.2. The van der Waals surface area contributed by atoms with Crippen molar-refractivity contribution >= 4 is 16.5 Å². The van der Waals surface area contributed by atoms with Gasteiger partial charge in [-0.3, -0.25) is 0 Å². The summed E-state index contributed by atoms with van der Waals surface area (Å²) >= 11 is 0.466. The van der Waals surface area contributed by atoms with Crippen LogP contribution in [0.3, 0.4) is 0 Å². The van der Waals surface area contributed by atoms with Crippen molar-refractivity contribution in [3.05, 3.63) is 28.7 Å². The quantitative estimate of drug-likeness (QED) is 0.924. The number of hydrogen-bond acceptors (Lipinski definition) is 5. The van der Waals surface area contributed by atoms with Gasteiger partial charge in [-0.1, -0.05) is 11.3 Å². The highest BCUT2D eigenvalue weighted by molar-refractivity contribution is 7.15. The minimum Gasteiger partial charge on any atom is -0.465 e. The number of alkyl halides is 3. The first-order chi connectivity index (χ1) is 7.95. The van der Waals surface area contributed by atoms with Crippen LogP contribution in [0.4, 0.5) is 18.3 Å². The molecule has 0 aliphatic rings. The molecule has 0 atom stereocenters. The zero-order chi connectivity index (χ0) is 12.5. The lowest BCUT2D eigenvalue weighted by Crippen LogP contribution is -2.03. The van der Waals surface area contributed by atoms with E-state index in [9.17, 15) is 13.2 Å². The van der Waals surface area contributed by atoms with Crippen LogP contribution in [0.25, 0.3) is 0 Å². The van der Waals surface area contributed by atoms with Crippen LogP contribution >= 0.6 is 11.3 Å². The summed E-state index contributed by atoms with van der Waals surface area (Å²) in [6, 6.07) is 3.52. The fraction of sp³-hybridized carbons (Fsp3) is 0.333. The van der Waals surface area contributed by atoms with Crippen LogP contribution in [0, 0.1) is 6.92 Å². The van der Waals surface area contributed by atoms with E-state index in [4.69, 9.17) is 4.42 Å². The fourth-order valence-electron chi connectivity index (χ4n) is 1.15. The van der Waals surface area contributed by atoms with Gasteiger partial charge in [-0.05, 0) is 19.1 Å². The average Bonchev–Trinajstić information content (AvgIpc) is 2.82. The van der Waals surface area contributed by atoms with Crippen molar-refractivity contribution in [2.24, 2.45) is 0 Å². The minimum absolute atomic E-state index is 0.117. The third-order valence-electron chi connectivity index (χ3n) is 1.88. The van der Waals surface area contributed by atoms with Crippen LogP contribution in [-0.4, -0.2) is 10.2 Å². The smallest absolute Gasteiger partial charge is 0.445 e. The SMILES string of the molecule is Cc1ccc(CNc2nnc(C(F)(F)F)s2)o1. The van der Waals surface area contributed by atoms with Gasteiger partial charge in [0.15, 0.2) is 0 Å². The van der Waals surface area contributed by atoms with Gasteiger partial charge >= 0.3 is 6.18 Å². The summed E-state index contributed by atoms with van der Waals surface area (Å²) in [5.41, 5.74) is 0. The van der Waals surface area contributed by atoms with Gasteiger partial charge in [-0.2, -0.15) is 13.2 Å². The van der Waals surface area contributed by atoms with E-state index in [2.05, 4.69) is 15.5 Å². The zero-order valence-corrected chi connectivity index (χ0v) is 9.52. The number of hydrogen-bond donors (Lipinski definition) is 1. The molecule has 2 aromatic heterocycles. The van der Waals surface area contributed by atoms with Crippen molar-refractivity contribution in [2.45, 2.75) is 19.6 Å². The van der Waals surface area contributed by atoms with E-state index in [1.165, 1.54) is 0 Å². The normalized spacial score (nSPS) is 11.8. The number of rotatable bonds is 3. The molecule has 2 rings (SSSR count). The number of nitrogens with zero attached hydrogens (tertiary/aromatic N) is 2. The number of halogens is 3. The monoisotopic (exact) mass is 263 g/mol. The lowest BCUT2D eigenvalue weighted by molar-refractivity contribution is -0.138. The van der Waals surface area contributed by atoms with E-state index in [1.807, 2.05) is 0 Å². The molecular weight excluding hydrogens is 255 g/mol. The van der Waals surface area contributed by atoms with Gasteiger partial charge in [0.25, 0.3) is 0 Å². The highest BCUT2D eigenvalue weighted by atomic mass is 32.1.